The highest BCUT2D eigenvalue weighted by Crippen LogP contribution is 2.31. The number of aromatic nitrogens is 2. The van der Waals surface area contributed by atoms with E-state index in [1.165, 1.54) is 16.4 Å². The molecule has 0 saturated carbocycles. The van der Waals surface area contributed by atoms with E-state index in [2.05, 4.69) is 4.98 Å². The van der Waals surface area contributed by atoms with Crippen molar-refractivity contribution in [2.45, 2.75) is 42.9 Å². The highest BCUT2D eigenvalue weighted by molar-refractivity contribution is 7.89. The van der Waals surface area contributed by atoms with Gasteiger partial charge in [-0.15, -0.1) is 0 Å². The highest BCUT2D eigenvalue weighted by Gasteiger charge is 2.43. The van der Waals surface area contributed by atoms with Crippen molar-refractivity contribution in [1.82, 2.24) is 18.8 Å². The highest BCUT2D eigenvalue weighted by atomic mass is 32.2. The van der Waals surface area contributed by atoms with Gasteiger partial charge in [-0.1, -0.05) is 18.2 Å². The fraction of sp³-hybridized carbons (Fsp3) is 0.391. The fourth-order valence-corrected chi connectivity index (χ4v) is 6.49. The van der Waals surface area contributed by atoms with Crippen LogP contribution in [0, 0.1) is 0 Å². The van der Waals surface area contributed by atoms with Gasteiger partial charge in [0.25, 0.3) is 0 Å². The SMILES string of the molecule is O=C(N1CCc2ccc(S(=O)(=O)N3CCC(n4c(=O)[nH]c5ccccc54)CC3)cc2C1)C(F)(F)F. The number of H-pyrrole nitrogens is 1. The molecule has 5 rings (SSSR count). The minimum absolute atomic E-state index is 0.0136. The standard InChI is InChI=1S/C23H23F3N4O4S/c24-23(25,26)21(31)28-10-7-15-5-6-18(13-16(15)14-28)35(33,34)29-11-8-17(9-12-29)30-20-4-2-1-3-19(20)27-22(30)32/h1-6,13,17H,7-12,14H2,(H,27,32). The summed E-state index contributed by atoms with van der Waals surface area (Å²) < 4.78 is 68.2. The first-order valence-corrected chi connectivity index (χ1v) is 12.7. The van der Waals surface area contributed by atoms with Crippen LogP contribution in [0.5, 0.6) is 0 Å². The number of aromatic amines is 1. The molecule has 2 aliphatic heterocycles. The predicted molar refractivity (Wildman–Crippen MR) is 121 cm³/mol. The lowest BCUT2D eigenvalue weighted by Gasteiger charge is -2.32. The molecule has 0 spiro atoms. The molecule has 35 heavy (non-hydrogen) atoms. The van der Waals surface area contributed by atoms with Crippen molar-refractivity contribution in [3.05, 3.63) is 64.1 Å². The number of imidazole rings is 1. The van der Waals surface area contributed by atoms with Gasteiger partial charge in [-0.2, -0.15) is 17.5 Å². The lowest BCUT2D eigenvalue weighted by molar-refractivity contribution is -0.186. The molecule has 3 aromatic rings. The van der Waals surface area contributed by atoms with E-state index in [0.29, 0.717) is 23.3 Å². The molecule has 0 aliphatic carbocycles. The van der Waals surface area contributed by atoms with E-state index < -0.39 is 22.1 Å². The van der Waals surface area contributed by atoms with E-state index in [1.54, 1.807) is 10.6 Å². The molecule has 0 atom stereocenters. The third kappa shape index (κ3) is 4.25. The number of para-hydroxylation sites is 2. The Labute approximate surface area is 199 Å². The van der Waals surface area contributed by atoms with Gasteiger partial charge in [0.15, 0.2) is 0 Å². The number of nitrogens with zero attached hydrogens (tertiary/aromatic N) is 3. The molecule has 2 aliphatic rings. The number of fused-ring (bicyclic) bond motifs is 2. The molecule has 1 N–H and O–H groups in total. The topological polar surface area (TPSA) is 95.5 Å². The summed E-state index contributed by atoms with van der Waals surface area (Å²) in [7, 11) is -3.89. The smallest absolute Gasteiger partial charge is 0.330 e. The number of hydrogen-bond acceptors (Lipinski definition) is 4. The van der Waals surface area contributed by atoms with Gasteiger partial charge in [0.1, 0.15) is 0 Å². The number of rotatable bonds is 3. The van der Waals surface area contributed by atoms with Gasteiger partial charge >= 0.3 is 17.8 Å². The first kappa shape index (κ1) is 23.6. The molecule has 1 saturated heterocycles. The molecule has 1 fully saturated rings. The maximum Gasteiger partial charge on any atom is 0.471 e. The fourth-order valence-electron chi connectivity index (χ4n) is 4.97. The maximum atomic E-state index is 13.3. The lowest BCUT2D eigenvalue weighted by atomic mass is 10.00. The van der Waals surface area contributed by atoms with E-state index in [1.807, 2.05) is 24.3 Å². The van der Waals surface area contributed by atoms with E-state index in [9.17, 15) is 31.2 Å². The Hall–Kier alpha value is -3.12. The van der Waals surface area contributed by atoms with Crippen molar-refractivity contribution in [2.75, 3.05) is 19.6 Å². The second-order valence-electron chi connectivity index (χ2n) is 8.86. The van der Waals surface area contributed by atoms with Gasteiger partial charge in [-0.3, -0.25) is 9.36 Å². The number of nitrogens with one attached hydrogen (secondary N) is 1. The van der Waals surface area contributed by atoms with E-state index in [0.717, 1.165) is 16.6 Å². The van der Waals surface area contributed by atoms with Crippen LogP contribution in [0.1, 0.15) is 30.0 Å². The van der Waals surface area contributed by atoms with Crippen LogP contribution in [-0.2, 0) is 27.8 Å². The Kier molecular flexibility index (Phi) is 5.75. The van der Waals surface area contributed by atoms with Gasteiger partial charge in [-0.25, -0.2) is 13.2 Å². The maximum absolute atomic E-state index is 13.3. The van der Waals surface area contributed by atoms with Gasteiger partial charge in [0, 0.05) is 32.2 Å². The van der Waals surface area contributed by atoms with Crippen molar-refractivity contribution < 1.29 is 26.4 Å². The zero-order chi connectivity index (χ0) is 25.0. The number of hydrogen-bond donors (Lipinski definition) is 1. The normalized spacial score (nSPS) is 18.1. The predicted octanol–water partition coefficient (Wildman–Crippen LogP) is 2.80. The van der Waals surface area contributed by atoms with Crippen molar-refractivity contribution in [3.8, 4) is 0 Å². The summed E-state index contributed by atoms with van der Waals surface area (Å²) in [4.78, 5) is 27.6. The van der Waals surface area contributed by atoms with E-state index >= 15 is 0 Å². The lowest BCUT2D eigenvalue weighted by Crippen LogP contribution is -2.44. The number of benzene rings is 2. The number of alkyl halides is 3. The summed E-state index contributed by atoms with van der Waals surface area (Å²) in [5.41, 5.74) is 2.38. The van der Waals surface area contributed by atoms with Crippen molar-refractivity contribution in [1.29, 1.82) is 0 Å². The number of carbonyl (C=O) groups excluding carboxylic acids is 1. The summed E-state index contributed by atoms with van der Waals surface area (Å²) in [6.45, 7) is 0.0458. The van der Waals surface area contributed by atoms with Gasteiger partial charge in [-0.05, 0) is 54.7 Å². The second kappa shape index (κ2) is 8.52. The van der Waals surface area contributed by atoms with Crippen LogP contribution in [0.15, 0.2) is 52.2 Å². The molecule has 8 nitrogen and oxygen atoms in total. The Balaban J connectivity index is 1.33. The number of sulfonamides is 1. The average Bonchev–Trinajstić information content (AvgIpc) is 3.18. The van der Waals surface area contributed by atoms with Crippen LogP contribution in [0.25, 0.3) is 11.0 Å². The summed E-state index contributed by atoms with van der Waals surface area (Å²) in [6.07, 6.45) is -3.86. The molecule has 0 unspecified atom stereocenters. The summed E-state index contributed by atoms with van der Waals surface area (Å²) in [5.74, 6) is -1.92. The van der Waals surface area contributed by atoms with Crippen LogP contribution in [-0.4, -0.2) is 58.9 Å². The van der Waals surface area contributed by atoms with Crippen molar-refractivity contribution in [3.63, 3.8) is 0 Å². The van der Waals surface area contributed by atoms with Gasteiger partial charge in [0.2, 0.25) is 10.0 Å². The Bertz CT molecular complexity index is 1450. The summed E-state index contributed by atoms with van der Waals surface area (Å²) in [6, 6.07) is 11.6. The zero-order valence-corrected chi connectivity index (χ0v) is 19.4. The van der Waals surface area contributed by atoms with Gasteiger partial charge < -0.3 is 9.88 Å². The second-order valence-corrected chi connectivity index (χ2v) is 10.8. The number of halogens is 3. The quantitative estimate of drug-likeness (QED) is 0.589. The van der Waals surface area contributed by atoms with Gasteiger partial charge in [0.05, 0.1) is 15.9 Å². The minimum atomic E-state index is -4.97. The monoisotopic (exact) mass is 508 g/mol. The Morgan fingerprint density at radius 3 is 2.43 bits per heavy atom. The minimum Gasteiger partial charge on any atom is -0.330 e. The zero-order valence-electron chi connectivity index (χ0n) is 18.6. The molecule has 0 radical (unpaired) electrons. The van der Waals surface area contributed by atoms with E-state index in [4.69, 9.17) is 0 Å². The van der Waals surface area contributed by atoms with Crippen LogP contribution in [0.4, 0.5) is 13.2 Å². The number of carbonyl (C=O) groups is 1. The van der Waals surface area contributed by atoms with Crippen LogP contribution < -0.4 is 5.69 Å². The molecule has 2 aromatic carbocycles. The molecule has 1 amide bonds. The Morgan fingerprint density at radius 1 is 1.00 bits per heavy atom. The van der Waals surface area contributed by atoms with Crippen molar-refractivity contribution >= 4 is 27.0 Å². The third-order valence-corrected chi connectivity index (χ3v) is 8.66. The third-order valence-electron chi connectivity index (χ3n) is 6.77. The molecular formula is C23H23F3N4O4S. The number of piperidine rings is 1. The Morgan fingerprint density at radius 2 is 1.71 bits per heavy atom. The first-order chi connectivity index (χ1) is 16.6. The molecule has 12 heteroatoms. The van der Waals surface area contributed by atoms with Crippen LogP contribution >= 0.6 is 0 Å². The summed E-state index contributed by atoms with van der Waals surface area (Å²) >= 11 is 0. The molecule has 3 heterocycles. The molecule has 1 aromatic heterocycles. The molecule has 186 valence electrons. The summed E-state index contributed by atoms with van der Waals surface area (Å²) in [5, 5.41) is 0. The van der Waals surface area contributed by atoms with Crippen LogP contribution in [0.2, 0.25) is 0 Å². The van der Waals surface area contributed by atoms with Crippen molar-refractivity contribution in [2.24, 2.45) is 0 Å². The molecule has 0 bridgehead atoms. The average molecular weight is 509 g/mol. The van der Waals surface area contributed by atoms with Crippen LogP contribution in [0.3, 0.4) is 0 Å². The number of amides is 1. The first-order valence-electron chi connectivity index (χ1n) is 11.2. The molecular weight excluding hydrogens is 485 g/mol. The largest absolute Gasteiger partial charge is 0.471 e. The van der Waals surface area contributed by atoms with E-state index in [-0.39, 0.29) is 49.2 Å².